The summed E-state index contributed by atoms with van der Waals surface area (Å²) >= 11 is 0. The second kappa shape index (κ2) is 20.6. The molecule has 2 aromatic heterocycles. The van der Waals surface area contributed by atoms with E-state index in [0.717, 1.165) is 55.0 Å². The van der Waals surface area contributed by atoms with Gasteiger partial charge in [0.15, 0.2) is 17.5 Å². The first-order valence-electron chi connectivity index (χ1n) is 28.5. The molecule has 0 N–H and O–H groups in total. The molecule has 0 amide bonds. The molecule has 0 radical (unpaired) electrons. The van der Waals surface area contributed by atoms with Crippen LogP contribution in [0.4, 0.5) is 17.1 Å². The number of rotatable bonds is 8. The van der Waals surface area contributed by atoms with Crippen LogP contribution in [0.1, 0.15) is 0 Å². The third kappa shape index (κ3) is 8.32. The van der Waals surface area contributed by atoms with Gasteiger partial charge < -0.3 is 9.32 Å². The van der Waals surface area contributed by atoms with Crippen molar-refractivity contribution in [3.05, 3.63) is 97.1 Å². The van der Waals surface area contributed by atoms with Crippen molar-refractivity contribution in [3.8, 4) is 56.4 Å². The van der Waals surface area contributed by atoms with E-state index in [9.17, 15) is 0 Å². The van der Waals surface area contributed by atoms with Gasteiger partial charge in [0.25, 0.3) is 0 Å². The minimum absolute atomic E-state index is 0.632. The molecular weight excluding hydrogens is 949 g/mol. The number of nitrogens with zero attached hydrogens (tertiary/aromatic N) is 4. The van der Waals surface area contributed by atoms with E-state index in [-0.39, 0.29) is 0 Å². The molecule has 0 aliphatic rings. The van der Waals surface area contributed by atoms with Crippen molar-refractivity contribution < 1.29 is 4.42 Å². The second-order valence-corrected chi connectivity index (χ2v) is 23.3. The highest BCUT2D eigenvalue weighted by Gasteiger charge is 2.32. The van der Waals surface area contributed by atoms with E-state index >= 15 is 0 Å². The molecule has 0 unspecified atom stereocenters. The number of anilines is 3. The molecule has 0 bridgehead atoms. The van der Waals surface area contributed by atoms with E-state index in [1.165, 1.54) is 143 Å². The Labute approximate surface area is 490 Å². The van der Waals surface area contributed by atoms with Gasteiger partial charge in [-0.1, -0.05) is 178 Å². The second-order valence-electron chi connectivity index (χ2n) is 23.3. The molecule has 5 nitrogen and oxygen atoms in total. The Bertz CT molecular complexity index is 4290. The fourth-order valence-electron chi connectivity index (χ4n) is 13.5. The molecule has 0 aliphatic heterocycles. The number of furan rings is 1. The molecular formula is C55H56B20N4O. The summed E-state index contributed by atoms with van der Waals surface area (Å²) in [6.45, 7) is 0. The summed E-state index contributed by atoms with van der Waals surface area (Å²) < 4.78 is 7.42. The predicted octanol–water partition coefficient (Wildman–Crippen LogP) is -20.1. The predicted molar refractivity (Wildman–Crippen MR) is 410 cm³/mol. The Morgan fingerprint density at radius 2 is 0.600 bits per heavy atom. The summed E-state index contributed by atoms with van der Waals surface area (Å²) in [7, 11) is 46.3. The number of hydrogen-bond acceptors (Lipinski definition) is 5. The molecule has 0 atom stereocenters. The Kier molecular flexibility index (Phi) is 14.2. The van der Waals surface area contributed by atoms with Gasteiger partial charge in [-0.05, 0) is 44.6 Å². The highest BCUT2D eigenvalue weighted by atomic mass is 16.3. The van der Waals surface area contributed by atoms with E-state index in [0.29, 0.717) is 17.5 Å². The van der Waals surface area contributed by atoms with Crippen LogP contribution in [0, 0.1) is 0 Å². The van der Waals surface area contributed by atoms with E-state index in [4.69, 9.17) is 19.4 Å². The fourth-order valence-corrected chi connectivity index (χ4v) is 13.5. The molecule has 0 spiro atoms. The maximum Gasteiger partial charge on any atom is 0.164 e. The van der Waals surface area contributed by atoms with Gasteiger partial charge in [-0.3, -0.25) is 0 Å². The summed E-state index contributed by atoms with van der Waals surface area (Å²) in [5.74, 6) is 1.91. The lowest BCUT2D eigenvalue weighted by atomic mass is 9.59. The lowest BCUT2D eigenvalue weighted by Gasteiger charge is -2.39. The monoisotopic (exact) mass is 1010 g/mol. The van der Waals surface area contributed by atoms with Crippen LogP contribution in [-0.4, -0.2) is 172 Å². The Morgan fingerprint density at radius 1 is 0.263 bits per heavy atom. The maximum absolute atomic E-state index is 7.42. The van der Waals surface area contributed by atoms with Gasteiger partial charge >= 0.3 is 0 Å². The van der Waals surface area contributed by atoms with Crippen LogP contribution < -0.4 is 114 Å². The average Bonchev–Trinajstić information content (AvgIpc) is 4.08. The van der Waals surface area contributed by atoms with Crippen LogP contribution >= 0.6 is 0 Å². The van der Waals surface area contributed by atoms with Crippen LogP contribution in [-0.2, 0) is 0 Å². The van der Waals surface area contributed by atoms with Gasteiger partial charge in [0.1, 0.15) is 168 Å². The summed E-state index contributed by atoms with van der Waals surface area (Å²) in [5, 5.41) is 4.54. The van der Waals surface area contributed by atoms with Crippen molar-refractivity contribution in [1.82, 2.24) is 15.0 Å². The largest absolute Gasteiger partial charge is 0.457 e. The Hall–Kier alpha value is -6.85. The summed E-state index contributed by atoms with van der Waals surface area (Å²) in [4.78, 5) is 18.2. The highest BCUT2D eigenvalue weighted by Crippen LogP contribution is 2.41. The molecule has 25 heteroatoms. The summed E-state index contributed by atoms with van der Waals surface area (Å²) in [5.41, 5.74) is 39.3. The van der Waals surface area contributed by atoms with Crippen LogP contribution in [0.15, 0.2) is 101 Å². The van der Waals surface area contributed by atoms with Gasteiger partial charge in [-0.2, -0.15) is 0 Å². The third-order valence-corrected chi connectivity index (χ3v) is 19.6. The van der Waals surface area contributed by atoms with Crippen molar-refractivity contribution in [1.29, 1.82) is 0 Å². The highest BCUT2D eigenvalue weighted by molar-refractivity contribution is 6.73. The first-order chi connectivity index (χ1) is 38.1. The van der Waals surface area contributed by atoms with Crippen LogP contribution in [0.5, 0.6) is 0 Å². The number of aromatic nitrogens is 3. The SMILES string of the molecule is Bc1c(B)c(B)c(N(c2c(B)c(B)c(B)c(B)c2B)c2c(B)c(B)c(-c3c(B)c(-c4ccc(-c5nc(-c6ccccc6)nc(-c6ccccc6)n5)c5ccccc45)c4c(oc5c(B)c(B)c(B)c(B)c54)c3B)c(B)c2B)c(B)c1B. The zero-order valence-corrected chi connectivity index (χ0v) is 50.9. The third-order valence-electron chi connectivity index (χ3n) is 19.6. The first kappa shape index (κ1) is 55.1. The van der Waals surface area contributed by atoms with Crippen LogP contribution in [0.25, 0.3) is 89.1 Å². The number of benzene rings is 9. The zero-order chi connectivity index (χ0) is 57.2. The zero-order valence-electron chi connectivity index (χ0n) is 50.9. The molecule has 80 heavy (non-hydrogen) atoms. The minimum Gasteiger partial charge on any atom is -0.457 e. The lowest BCUT2D eigenvalue weighted by Crippen LogP contribution is -2.60. The Morgan fingerprint density at radius 3 is 1.06 bits per heavy atom. The quantitative estimate of drug-likeness (QED) is 0.142. The van der Waals surface area contributed by atoms with Crippen LogP contribution in [0.3, 0.4) is 0 Å². The van der Waals surface area contributed by atoms with E-state index in [1.807, 2.05) is 36.4 Å². The van der Waals surface area contributed by atoms with Gasteiger partial charge in [0, 0.05) is 44.5 Å². The lowest BCUT2D eigenvalue weighted by molar-refractivity contribution is 0.675. The topological polar surface area (TPSA) is 55.1 Å². The van der Waals surface area contributed by atoms with Gasteiger partial charge in [-0.25, -0.2) is 15.0 Å². The van der Waals surface area contributed by atoms with Crippen molar-refractivity contribution in [2.45, 2.75) is 0 Å². The number of fused-ring (bicyclic) bond motifs is 4. The van der Waals surface area contributed by atoms with Crippen molar-refractivity contribution in [2.75, 3.05) is 4.90 Å². The molecule has 0 saturated heterocycles. The normalized spacial score (nSPS) is 11.5. The molecule has 9 aromatic carbocycles. The van der Waals surface area contributed by atoms with Gasteiger partial charge in [0.05, 0.1) is 0 Å². The molecule has 11 aromatic rings. The maximum atomic E-state index is 7.42. The molecule has 0 fully saturated rings. The van der Waals surface area contributed by atoms with E-state index in [2.05, 4.69) is 222 Å². The average molecular weight is 1010 g/mol. The summed E-state index contributed by atoms with van der Waals surface area (Å²) in [6, 6.07) is 33.8. The van der Waals surface area contributed by atoms with Gasteiger partial charge in [0.2, 0.25) is 0 Å². The van der Waals surface area contributed by atoms with E-state index < -0.39 is 0 Å². The van der Waals surface area contributed by atoms with Crippen molar-refractivity contribution in [3.63, 3.8) is 0 Å². The van der Waals surface area contributed by atoms with Crippen molar-refractivity contribution in [2.24, 2.45) is 0 Å². The number of hydrogen-bond donors (Lipinski definition) is 0. The molecule has 11 rings (SSSR count). The molecule has 0 aliphatic carbocycles. The smallest absolute Gasteiger partial charge is 0.164 e. The van der Waals surface area contributed by atoms with Crippen molar-refractivity contribution >= 4 is 316 Å². The Balaban J connectivity index is 1.24. The fraction of sp³-hybridized carbons (Fsp3) is 0. The first-order valence-corrected chi connectivity index (χ1v) is 28.5. The van der Waals surface area contributed by atoms with E-state index in [1.54, 1.807) is 0 Å². The molecule has 362 valence electrons. The molecule has 2 heterocycles. The molecule has 0 saturated carbocycles. The standard InChI is InChI=1S/C55H56B20N4O/c56-28-23(21-15-16-22(20-14-8-7-13-19(20)21)55-77-53(17-9-3-1-4-10-17)76-54(78-55)18-11-5-2-6-12-18)24-27-31(59)33(61)40(68)47(75)52(27)80-51(24)32(60)25(28)26-29(57)41(69)48(42(70)30(26)58)79(49-43(71)36(64)34(62)37(65)44(49)72)50-45(73)38(66)35(63)39(67)46(50)74/h1-16H,56-75H2. The van der Waals surface area contributed by atoms with Crippen LogP contribution in [0.2, 0.25) is 0 Å². The summed E-state index contributed by atoms with van der Waals surface area (Å²) in [6.07, 6.45) is 0. The minimum atomic E-state index is 0.632. The van der Waals surface area contributed by atoms with Gasteiger partial charge in [-0.15, -0.1) is 16.4 Å².